The van der Waals surface area contributed by atoms with Crippen LogP contribution in [0.15, 0.2) is 0 Å². The molecule has 0 bridgehead atoms. The quantitative estimate of drug-likeness (QED) is 0.651. The lowest BCUT2D eigenvalue weighted by Crippen LogP contribution is -2.53. The third-order valence-corrected chi connectivity index (χ3v) is 8.74. The van der Waals surface area contributed by atoms with E-state index in [4.69, 9.17) is 5.11 Å². The van der Waals surface area contributed by atoms with E-state index < -0.39 is 27.2 Å². The van der Waals surface area contributed by atoms with Gasteiger partial charge in [-0.25, -0.2) is 13.2 Å². The largest absolute Gasteiger partial charge is 0.465 e. The molecule has 9 heteroatoms. The average Bonchev–Trinajstić information content (AvgIpc) is 2.93. The van der Waals surface area contributed by atoms with Crippen molar-refractivity contribution in [3.8, 4) is 0 Å². The molecular formula is C19H35N3O5S. The van der Waals surface area contributed by atoms with E-state index in [-0.39, 0.29) is 29.7 Å². The minimum absolute atomic E-state index is 0.0680. The van der Waals surface area contributed by atoms with Crippen molar-refractivity contribution in [3.63, 3.8) is 0 Å². The summed E-state index contributed by atoms with van der Waals surface area (Å²) in [6, 6.07) is -0.231. The molecule has 0 aromatic rings. The summed E-state index contributed by atoms with van der Waals surface area (Å²) in [6.45, 7) is 8.10. The molecule has 1 aliphatic carbocycles. The summed E-state index contributed by atoms with van der Waals surface area (Å²) in [5, 5.41) is 10.8. The summed E-state index contributed by atoms with van der Waals surface area (Å²) in [5.41, 5.74) is 0. The lowest BCUT2D eigenvalue weighted by Gasteiger charge is -2.44. The molecule has 0 aromatic heterocycles. The maximum atomic E-state index is 12.7. The van der Waals surface area contributed by atoms with Gasteiger partial charge in [-0.05, 0) is 66.3 Å². The van der Waals surface area contributed by atoms with Gasteiger partial charge in [0.1, 0.15) is 6.04 Å². The van der Waals surface area contributed by atoms with Gasteiger partial charge < -0.3 is 20.2 Å². The topological polar surface area (TPSA) is 107 Å². The molecule has 2 fully saturated rings. The molecular weight excluding hydrogens is 382 g/mol. The number of likely N-dealkylation sites (tertiary alicyclic amines) is 1. The molecule has 1 heterocycles. The van der Waals surface area contributed by atoms with Gasteiger partial charge in [-0.1, -0.05) is 0 Å². The van der Waals surface area contributed by atoms with Crippen molar-refractivity contribution in [2.24, 2.45) is 5.92 Å². The lowest BCUT2D eigenvalue weighted by atomic mass is 9.81. The third-order valence-electron chi connectivity index (χ3n) is 6.41. The van der Waals surface area contributed by atoms with E-state index >= 15 is 0 Å². The predicted molar refractivity (Wildman–Crippen MR) is 108 cm³/mol. The highest BCUT2D eigenvalue weighted by atomic mass is 32.2. The van der Waals surface area contributed by atoms with Gasteiger partial charge in [-0.2, -0.15) is 0 Å². The van der Waals surface area contributed by atoms with Crippen LogP contribution in [0.1, 0.15) is 53.4 Å². The monoisotopic (exact) mass is 417 g/mol. The van der Waals surface area contributed by atoms with Gasteiger partial charge in [0.2, 0.25) is 5.91 Å². The van der Waals surface area contributed by atoms with Crippen LogP contribution in [0.3, 0.4) is 0 Å². The predicted octanol–water partition coefficient (Wildman–Crippen LogP) is 1.56. The Bertz CT molecular complexity index is 679. The molecule has 1 saturated carbocycles. The zero-order valence-electron chi connectivity index (χ0n) is 17.6. The Hall–Kier alpha value is -1.35. The van der Waals surface area contributed by atoms with Crippen molar-refractivity contribution in [1.29, 1.82) is 0 Å². The number of carbonyl (C=O) groups excluding carboxylic acids is 1. The van der Waals surface area contributed by atoms with Gasteiger partial charge in [0, 0.05) is 24.7 Å². The van der Waals surface area contributed by atoms with E-state index in [0.717, 1.165) is 19.3 Å². The fourth-order valence-electron chi connectivity index (χ4n) is 4.41. The van der Waals surface area contributed by atoms with Crippen molar-refractivity contribution < 1.29 is 23.1 Å². The zero-order chi connectivity index (χ0) is 21.2. The van der Waals surface area contributed by atoms with Gasteiger partial charge in [0.25, 0.3) is 0 Å². The Morgan fingerprint density at radius 2 is 1.89 bits per heavy atom. The first kappa shape index (κ1) is 22.9. The number of amides is 2. The van der Waals surface area contributed by atoms with E-state index in [2.05, 4.69) is 31.1 Å². The van der Waals surface area contributed by atoms with Crippen molar-refractivity contribution in [3.05, 3.63) is 0 Å². The minimum Gasteiger partial charge on any atom is -0.465 e. The maximum absolute atomic E-state index is 12.7. The van der Waals surface area contributed by atoms with Gasteiger partial charge in [-0.15, -0.1) is 0 Å². The molecule has 4 atom stereocenters. The Morgan fingerprint density at radius 3 is 2.43 bits per heavy atom. The molecule has 1 saturated heterocycles. The van der Waals surface area contributed by atoms with Crippen LogP contribution in [0, 0.1) is 5.92 Å². The van der Waals surface area contributed by atoms with E-state index in [1.54, 1.807) is 18.7 Å². The molecule has 0 aromatic carbocycles. The molecule has 0 radical (unpaired) electrons. The number of nitrogens with one attached hydrogen (secondary N) is 1. The van der Waals surface area contributed by atoms with Gasteiger partial charge >= 0.3 is 6.09 Å². The van der Waals surface area contributed by atoms with Crippen molar-refractivity contribution >= 4 is 21.8 Å². The van der Waals surface area contributed by atoms with Crippen molar-refractivity contribution in [1.82, 2.24) is 15.1 Å². The molecule has 1 aliphatic heterocycles. The summed E-state index contributed by atoms with van der Waals surface area (Å²) >= 11 is 0. The van der Waals surface area contributed by atoms with Gasteiger partial charge in [0.05, 0.1) is 11.0 Å². The van der Waals surface area contributed by atoms with E-state index in [1.165, 1.54) is 0 Å². The smallest absolute Gasteiger partial charge is 0.405 e. The van der Waals surface area contributed by atoms with E-state index in [9.17, 15) is 18.0 Å². The standard InChI is InChI=1S/C19H35N3O5S/c1-12(2)21(5)15-6-7-17(14(10-15)11-28(26,27)13(3)4)22-9-8-16(18(22)23)20-19(24)25/h12-17,20H,6-11H2,1-5H3,(H,24,25)/t14-,15+,16-,17-/m0/s1. The van der Waals surface area contributed by atoms with Crippen LogP contribution in [-0.2, 0) is 14.6 Å². The van der Waals surface area contributed by atoms with Crippen LogP contribution in [-0.4, -0.2) is 84.1 Å². The second kappa shape index (κ2) is 8.98. The number of carbonyl (C=O) groups is 2. The maximum Gasteiger partial charge on any atom is 0.405 e. The highest BCUT2D eigenvalue weighted by molar-refractivity contribution is 7.91. The van der Waals surface area contributed by atoms with Gasteiger partial charge in [0.15, 0.2) is 9.84 Å². The van der Waals surface area contributed by atoms with Crippen LogP contribution in [0.25, 0.3) is 0 Å². The summed E-state index contributed by atoms with van der Waals surface area (Å²) < 4.78 is 25.3. The fraction of sp³-hybridized carbons (Fsp3) is 0.895. The first-order valence-corrected chi connectivity index (χ1v) is 11.9. The number of rotatable bonds is 7. The molecule has 2 N–H and O–H groups in total. The zero-order valence-corrected chi connectivity index (χ0v) is 18.4. The number of carboxylic acid groups (broad SMARTS) is 1. The lowest BCUT2D eigenvalue weighted by molar-refractivity contribution is -0.133. The Labute approximate surface area is 168 Å². The molecule has 0 unspecified atom stereocenters. The fourth-order valence-corrected chi connectivity index (χ4v) is 5.75. The van der Waals surface area contributed by atoms with Crippen molar-refractivity contribution in [2.75, 3.05) is 19.3 Å². The second-order valence-electron chi connectivity index (χ2n) is 8.75. The molecule has 28 heavy (non-hydrogen) atoms. The van der Waals surface area contributed by atoms with Crippen molar-refractivity contribution in [2.45, 2.75) is 82.8 Å². The Morgan fingerprint density at radius 1 is 1.25 bits per heavy atom. The average molecular weight is 418 g/mol. The Kier molecular flexibility index (Phi) is 7.36. The minimum atomic E-state index is -3.25. The molecule has 8 nitrogen and oxygen atoms in total. The van der Waals surface area contributed by atoms with E-state index in [0.29, 0.717) is 19.0 Å². The van der Waals surface area contributed by atoms with Crippen LogP contribution in [0.5, 0.6) is 0 Å². The highest BCUT2D eigenvalue weighted by Gasteiger charge is 2.44. The van der Waals surface area contributed by atoms with Crippen LogP contribution >= 0.6 is 0 Å². The summed E-state index contributed by atoms with van der Waals surface area (Å²) in [4.78, 5) is 27.7. The molecule has 0 spiro atoms. The summed E-state index contributed by atoms with van der Waals surface area (Å²) in [6.07, 6.45) is 1.60. The van der Waals surface area contributed by atoms with Crippen LogP contribution < -0.4 is 5.32 Å². The van der Waals surface area contributed by atoms with Crippen LogP contribution in [0.4, 0.5) is 4.79 Å². The Balaban J connectivity index is 2.21. The molecule has 162 valence electrons. The van der Waals surface area contributed by atoms with E-state index in [1.807, 2.05) is 0 Å². The van der Waals surface area contributed by atoms with Gasteiger partial charge in [-0.3, -0.25) is 4.79 Å². The number of hydrogen-bond acceptors (Lipinski definition) is 5. The first-order valence-electron chi connectivity index (χ1n) is 10.2. The molecule has 2 rings (SSSR count). The normalized spacial score (nSPS) is 29.1. The highest BCUT2D eigenvalue weighted by Crippen LogP contribution is 2.35. The first-order chi connectivity index (χ1) is 12.9. The number of hydrogen-bond donors (Lipinski definition) is 2. The molecule has 2 amide bonds. The summed E-state index contributed by atoms with van der Waals surface area (Å²) in [7, 11) is -1.18. The second-order valence-corrected chi connectivity index (χ2v) is 11.4. The van der Waals surface area contributed by atoms with Crippen LogP contribution in [0.2, 0.25) is 0 Å². The third kappa shape index (κ3) is 5.17. The molecule has 2 aliphatic rings. The number of nitrogens with zero attached hydrogens (tertiary/aromatic N) is 2. The SMILES string of the molecule is CC(C)N(C)[C@@H]1CC[C@H](N2CC[C@H](NC(=O)O)C2=O)[C@H](CS(=O)(=O)C(C)C)C1. The summed E-state index contributed by atoms with van der Waals surface area (Å²) in [5.74, 6) is -0.298. The number of sulfone groups is 1.